The minimum absolute atomic E-state index is 0.0418. The zero-order valence-electron chi connectivity index (χ0n) is 13.7. The molecule has 2 heterocycles. The molecular weight excluding hydrogens is 334 g/mol. The van der Waals surface area contributed by atoms with Crippen molar-refractivity contribution in [3.63, 3.8) is 0 Å². The van der Waals surface area contributed by atoms with E-state index in [1.807, 2.05) is 4.90 Å². The molecule has 0 bridgehead atoms. The van der Waals surface area contributed by atoms with Gasteiger partial charge >= 0.3 is 5.97 Å². The number of thiazole rings is 1. The molecule has 1 unspecified atom stereocenters. The number of amides is 1. The van der Waals surface area contributed by atoms with Gasteiger partial charge in [-0.15, -0.1) is 11.3 Å². The van der Waals surface area contributed by atoms with Crippen molar-refractivity contribution in [3.8, 4) is 0 Å². The van der Waals surface area contributed by atoms with Gasteiger partial charge in [0.1, 0.15) is 0 Å². The molecule has 0 aromatic carbocycles. The van der Waals surface area contributed by atoms with Crippen molar-refractivity contribution in [2.45, 2.75) is 49.5 Å². The Bertz CT molecular complexity index is 569. The molecule has 1 aromatic rings. The number of likely N-dealkylation sites (tertiary alicyclic amines) is 1. The molecule has 0 spiro atoms. The molecule has 1 fully saturated rings. The normalized spacial score (nSPS) is 18.7. The first-order chi connectivity index (χ1) is 10.8. The van der Waals surface area contributed by atoms with Crippen LogP contribution >= 0.6 is 23.1 Å². The van der Waals surface area contributed by atoms with Gasteiger partial charge in [-0.3, -0.25) is 4.79 Å². The van der Waals surface area contributed by atoms with Gasteiger partial charge in [0.05, 0.1) is 0 Å². The lowest BCUT2D eigenvalue weighted by Crippen LogP contribution is -2.46. The van der Waals surface area contributed by atoms with Crippen LogP contribution in [0.5, 0.6) is 0 Å². The Kier molecular flexibility index (Phi) is 6.05. The monoisotopic (exact) mass is 357 g/mol. The van der Waals surface area contributed by atoms with Crippen LogP contribution in [0.3, 0.4) is 0 Å². The highest BCUT2D eigenvalue weighted by Gasteiger charge is 2.31. The molecule has 1 atom stereocenters. The van der Waals surface area contributed by atoms with Crippen LogP contribution < -0.4 is 5.32 Å². The van der Waals surface area contributed by atoms with E-state index in [-0.39, 0.29) is 23.2 Å². The molecule has 128 valence electrons. The van der Waals surface area contributed by atoms with Gasteiger partial charge in [-0.1, -0.05) is 11.8 Å². The fourth-order valence-electron chi connectivity index (χ4n) is 2.39. The number of carbonyl (C=O) groups is 2. The van der Waals surface area contributed by atoms with Crippen molar-refractivity contribution in [2.75, 3.05) is 18.8 Å². The predicted molar refractivity (Wildman–Crippen MR) is 92.3 cm³/mol. The van der Waals surface area contributed by atoms with Crippen LogP contribution in [0.1, 0.15) is 44.1 Å². The van der Waals surface area contributed by atoms with Gasteiger partial charge in [0, 0.05) is 42.2 Å². The lowest BCUT2D eigenvalue weighted by molar-refractivity contribution is -0.128. The molecule has 0 saturated carbocycles. The molecule has 23 heavy (non-hydrogen) atoms. The lowest BCUT2D eigenvalue weighted by Gasteiger charge is -2.29. The number of carbonyl (C=O) groups excluding carboxylic acids is 1. The highest BCUT2D eigenvalue weighted by molar-refractivity contribution is 8.01. The highest BCUT2D eigenvalue weighted by Crippen LogP contribution is 2.25. The molecule has 0 radical (unpaired) electrons. The van der Waals surface area contributed by atoms with Gasteiger partial charge in [0.2, 0.25) is 5.91 Å². The molecule has 2 N–H and O–H groups in total. The zero-order valence-corrected chi connectivity index (χ0v) is 15.3. The van der Waals surface area contributed by atoms with Crippen LogP contribution in [-0.2, 0) is 4.79 Å². The van der Waals surface area contributed by atoms with Gasteiger partial charge in [0.15, 0.2) is 10.0 Å². The van der Waals surface area contributed by atoms with Crippen LogP contribution in [0.2, 0.25) is 0 Å². The Labute approximate surface area is 144 Å². The Morgan fingerprint density at radius 1 is 1.57 bits per heavy atom. The molecule has 6 nitrogen and oxygen atoms in total. The lowest BCUT2D eigenvalue weighted by atomic mass is 10.1. The summed E-state index contributed by atoms with van der Waals surface area (Å²) in [7, 11) is 0. The molecule has 1 amide bonds. The maximum absolute atomic E-state index is 12.0. The van der Waals surface area contributed by atoms with Crippen LogP contribution in [0.15, 0.2) is 9.72 Å². The maximum atomic E-state index is 12.0. The SMILES string of the molecule is CC(C)(C)NCC1CCC(=O)N1CCSc1nc(C(=O)O)cs1. The van der Waals surface area contributed by atoms with Crippen LogP contribution in [-0.4, -0.2) is 57.3 Å². The van der Waals surface area contributed by atoms with Crippen molar-refractivity contribution >= 4 is 35.0 Å². The Balaban J connectivity index is 1.82. The first kappa shape index (κ1) is 18.2. The number of hydrogen-bond donors (Lipinski definition) is 2. The third-order valence-electron chi connectivity index (χ3n) is 3.58. The molecular formula is C15H23N3O3S2. The third kappa shape index (κ3) is 5.47. The topological polar surface area (TPSA) is 82.5 Å². The second-order valence-corrected chi connectivity index (χ2v) is 8.76. The summed E-state index contributed by atoms with van der Waals surface area (Å²) in [6.07, 6.45) is 1.51. The average Bonchev–Trinajstić information content (AvgIpc) is 3.04. The van der Waals surface area contributed by atoms with Crippen molar-refractivity contribution in [3.05, 3.63) is 11.1 Å². The van der Waals surface area contributed by atoms with Gasteiger partial charge in [-0.05, 0) is 27.2 Å². The van der Waals surface area contributed by atoms with E-state index in [0.29, 0.717) is 13.0 Å². The highest BCUT2D eigenvalue weighted by atomic mass is 32.2. The summed E-state index contributed by atoms with van der Waals surface area (Å²) < 4.78 is 0.735. The van der Waals surface area contributed by atoms with Gasteiger partial charge in [-0.2, -0.15) is 0 Å². The van der Waals surface area contributed by atoms with E-state index in [1.54, 1.807) is 5.38 Å². The van der Waals surface area contributed by atoms with Crippen molar-refractivity contribution < 1.29 is 14.7 Å². The Morgan fingerprint density at radius 2 is 2.30 bits per heavy atom. The number of aromatic carboxylic acids is 1. The van der Waals surface area contributed by atoms with Gasteiger partial charge < -0.3 is 15.3 Å². The number of carboxylic acids is 1. The molecule has 1 saturated heterocycles. The largest absolute Gasteiger partial charge is 0.476 e. The summed E-state index contributed by atoms with van der Waals surface area (Å²) in [6.45, 7) is 7.83. The quantitative estimate of drug-likeness (QED) is 0.729. The molecule has 8 heteroatoms. The molecule has 0 aliphatic carbocycles. The van der Waals surface area contributed by atoms with E-state index < -0.39 is 5.97 Å². The number of aromatic nitrogens is 1. The standard InChI is InChI=1S/C15H23N3O3S2/c1-15(2,3)16-8-10-4-5-12(19)18(10)6-7-22-14-17-11(9-23-14)13(20)21/h9-10,16H,4-8H2,1-3H3,(H,20,21). The smallest absolute Gasteiger partial charge is 0.355 e. The fourth-order valence-corrected chi connectivity index (χ4v) is 4.20. The predicted octanol–water partition coefficient (Wildman–Crippen LogP) is 2.31. The van der Waals surface area contributed by atoms with Crippen molar-refractivity contribution in [2.24, 2.45) is 0 Å². The van der Waals surface area contributed by atoms with E-state index in [9.17, 15) is 9.59 Å². The first-order valence-corrected chi connectivity index (χ1v) is 9.49. The summed E-state index contributed by atoms with van der Waals surface area (Å²) in [6, 6.07) is 0.244. The summed E-state index contributed by atoms with van der Waals surface area (Å²) in [5.41, 5.74) is 0.127. The summed E-state index contributed by atoms with van der Waals surface area (Å²) in [5.74, 6) is -0.0718. The first-order valence-electron chi connectivity index (χ1n) is 7.62. The Morgan fingerprint density at radius 3 is 2.91 bits per heavy atom. The summed E-state index contributed by atoms with van der Waals surface area (Å²) in [5, 5.41) is 13.9. The number of carboxylic acid groups (broad SMARTS) is 1. The maximum Gasteiger partial charge on any atom is 0.355 e. The zero-order chi connectivity index (χ0) is 17.0. The minimum atomic E-state index is -1.00. The molecule has 2 rings (SSSR count). The van der Waals surface area contributed by atoms with E-state index in [4.69, 9.17) is 5.11 Å². The van der Waals surface area contributed by atoms with Crippen LogP contribution in [0.25, 0.3) is 0 Å². The third-order valence-corrected chi connectivity index (χ3v) is 5.58. The van der Waals surface area contributed by atoms with Crippen LogP contribution in [0, 0.1) is 0 Å². The van der Waals surface area contributed by atoms with Crippen LogP contribution in [0.4, 0.5) is 0 Å². The second kappa shape index (κ2) is 7.63. The van der Waals surface area contributed by atoms with E-state index in [1.165, 1.54) is 23.1 Å². The van der Waals surface area contributed by atoms with Crippen molar-refractivity contribution in [1.29, 1.82) is 0 Å². The van der Waals surface area contributed by atoms with Gasteiger partial charge in [-0.25, -0.2) is 9.78 Å². The Hall–Kier alpha value is -1.12. The molecule has 1 aliphatic heterocycles. The van der Waals surface area contributed by atoms with E-state index in [0.717, 1.165) is 23.1 Å². The number of hydrogen-bond acceptors (Lipinski definition) is 6. The number of nitrogens with one attached hydrogen (secondary N) is 1. The summed E-state index contributed by atoms with van der Waals surface area (Å²) >= 11 is 2.83. The number of nitrogens with zero attached hydrogens (tertiary/aromatic N) is 2. The average molecular weight is 358 g/mol. The minimum Gasteiger partial charge on any atom is -0.476 e. The molecule has 1 aliphatic rings. The molecule has 1 aromatic heterocycles. The van der Waals surface area contributed by atoms with Gasteiger partial charge in [0.25, 0.3) is 0 Å². The fraction of sp³-hybridized carbons (Fsp3) is 0.667. The number of rotatable bonds is 7. The number of thioether (sulfide) groups is 1. The van der Waals surface area contributed by atoms with E-state index >= 15 is 0 Å². The second-order valence-electron chi connectivity index (χ2n) is 6.56. The van der Waals surface area contributed by atoms with E-state index in [2.05, 4.69) is 31.1 Å². The van der Waals surface area contributed by atoms with Crippen molar-refractivity contribution in [1.82, 2.24) is 15.2 Å². The summed E-state index contributed by atoms with van der Waals surface area (Å²) in [4.78, 5) is 28.8.